The van der Waals surface area contributed by atoms with Crippen molar-refractivity contribution in [3.8, 4) is 22.2 Å². The number of nitrogen functional groups attached to an aromatic ring is 1. The Balaban J connectivity index is 1.52. The minimum Gasteiger partial charge on any atom is -0.488 e. The highest BCUT2D eigenvalue weighted by Gasteiger charge is 2.35. The van der Waals surface area contributed by atoms with Crippen LogP contribution in [-0.2, 0) is 0 Å². The number of fused-ring (bicyclic) bond motifs is 2. The SMILES string of the molecule is COc1cnc2c(-c3nc4cc(N)c(O[C@@H]5CCCCC(F)(F)C5)cc4s3)cc(C)cc2n1. The molecule has 9 heteroatoms. The van der Waals surface area contributed by atoms with Crippen LogP contribution in [0.25, 0.3) is 31.8 Å². The molecule has 0 saturated heterocycles. The van der Waals surface area contributed by atoms with Crippen LogP contribution in [0.3, 0.4) is 0 Å². The highest BCUT2D eigenvalue weighted by molar-refractivity contribution is 7.21. The van der Waals surface area contributed by atoms with Gasteiger partial charge in [0, 0.05) is 24.5 Å². The Kier molecular flexibility index (Phi) is 5.52. The van der Waals surface area contributed by atoms with Gasteiger partial charge in [-0.05, 0) is 49.9 Å². The monoisotopic (exact) mass is 470 g/mol. The van der Waals surface area contributed by atoms with Crippen molar-refractivity contribution in [2.24, 2.45) is 0 Å². The molecule has 0 spiro atoms. The molecule has 2 N–H and O–H groups in total. The number of nitrogens with zero attached hydrogens (tertiary/aromatic N) is 3. The summed E-state index contributed by atoms with van der Waals surface area (Å²) in [4.78, 5) is 13.8. The van der Waals surface area contributed by atoms with Crippen LogP contribution in [0.4, 0.5) is 14.5 Å². The number of hydrogen-bond donors (Lipinski definition) is 1. The largest absolute Gasteiger partial charge is 0.488 e. The quantitative estimate of drug-likeness (QED) is 0.284. The zero-order valence-corrected chi connectivity index (χ0v) is 19.2. The van der Waals surface area contributed by atoms with E-state index in [1.165, 1.54) is 11.3 Å². The summed E-state index contributed by atoms with van der Waals surface area (Å²) in [6, 6.07) is 7.53. The Morgan fingerprint density at radius 1 is 1.12 bits per heavy atom. The summed E-state index contributed by atoms with van der Waals surface area (Å²) in [6.45, 7) is 1.99. The second kappa shape index (κ2) is 8.37. The first-order valence-corrected chi connectivity index (χ1v) is 11.7. The summed E-state index contributed by atoms with van der Waals surface area (Å²) in [6.07, 6.45) is 2.49. The fourth-order valence-corrected chi connectivity index (χ4v) is 5.26. The van der Waals surface area contributed by atoms with Crippen LogP contribution in [0.1, 0.15) is 37.7 Å². The van der Waals surface area contributed by atoms with Crippen molar-refractivity contribution in [1.29, 1.82) is 0 Å². The lowest BCUT2D eigenvalue weighted by Gasteiger charge is -2.21. The molecule has 0 aliphatic heterocycles. The van der Waals surface area contributed by atoms with Crippen LogP contribution in [0, 0.1) is 6.92 Å². The highest BCUT2D eigenvalue weighted by Crippen LogP contribution is 2.40. The molecule has 0 amide bonds. The van der Waals surface area contributed by atoms with Crippen LogP contribution < -0.4 is 15.2 Å². The summed E-state index contributed by atoms with van der Waals surface area (Å²) < 4.78 is 40.1. The lowest BCUT2D eigenvalue weighted by Crippen LogP contribution is -2.26. The van der Waals surface area contributed by atoms with E-state index in [0.717, 1.165) is 43.8 Å². The molecule has 33 heavy (non-hydrogen) atoms. The molecule has 5 rings (SSSR count). The van der Waals surface area contributed by atoms with Crippen molar-refractivity contribution in [1.82, 2.24) is 15.0 Å². The molecular formula is C24H24F2N4O2S. The summed E-state index contributed by atoms with van der Waals surface area (Å²) in [5.74, 6) is -1.82. The van der Waals surface area contributed by atoms with Crippen molar-refractivity contribution >= 4 is 38.3 Å². The minimum atomic E-state index is -2.70. The van der Waals surface area contributed by atoms with E-state index in [0.29, 0.717) is 30.2 Å². The Morgan fingerprint density at radius 3 is 2.79 bits per heavy atom. The van der Waals surface area contributed by atoms with Gasteiger partial charge in [-0.15, -0.1) is 11.3 Å². The molecule has 1 aliphatic carbocycles. The van der Waals surface area contributed by atoms with Gasteiger partial charge in [0.15, 0.2) is 0 Å². The molecule has 0 bridgehead atoms. The number of aromatic nitrogens is 3. The number of benzene rings is 2. The predicted molar refractivity (Wildman–Crippen MR) is 126 cm³/mol. The molecule has 0 unspecified atom stereocenters. The zero-order valence-electron chi connectivity index (χ0n) is 18.4. The van der Waals surface area contributed by atoms with Crippen LogP contribution in [-0.4, -0.2) is 34.1 Å². The molecule has 172 valence electrons. The van der Waals surface area contributed by atoms with Crippen molar-refractivity contribution in [3.05, 3.63) is 36.0 Å². The normalized spacial score (nSPS) is 18.4. The zero-order chi connectivity index (χ0) is 23.2. The van der Waals surface area contributed by atoms with Crippen molar-refractivity contribution in [2.75, 3.05) is 12.8 Å². The fraction of sp³-hybridized carbons (Fsp3) is 0.375. The van der Waals surface area contributed by atoms with E-state index < -0.39 is 12.0 Å². The molecule has 1 fully saturated rings. The second-order valence-electron chi connectivity index (χ2n) is 8.52. The maximum Gasteiger partial charge on any atom is 0.251 e. The van der Waals surface area contributed by atoms with Gasteiger partial charge in [-0.25, -0.2) is 23.7 Å². The van der Waals surface area contributed by atoms with Crippen molar-refractivity contribution in [3.63, 3.8) is 0 Å². The number of thiazole rings is 1. The molecule has 2 aromatic carbocycles. The molecule has 1 aliphatic rings. The molecule has 2 aromatic heterocycles. The van der Waals surface area contributed by atoms with Gasteiger partial charge >= 0.3 is 0 Å². The van der Waals surface area contributed by atoms with Gasteiger partial charge in [0.05, 0.1) is 40.2 Å². The number of hydrogen-bond acceptors (Lipinski definition) is 7. The predicted octanol–water partition coefficient (Wildman–Crippen LogP) is 6.15. The van der Waals surface area contributed by atoms with Gasteiger partial charge in [-0.3, -0.25) is 0 Å². The maximum absolute atomic E-state index is 14.0. The van der Waals surface area contributed by atoms with E-state index >= 15 is 0 Å². The van der Waals surface area contributed by atoms with E-state index in [2.05, 4.69) is 9.97 Å². The Morgan fingerprint density at radius 2 is 1.97 bits per heavy atom. The fourth-order valence-electron chi connectivity index (χ4n) is 4.27. The molecule has 2 heterocycles. The summed E-state index contributed by atoms with van der Waals surface area (Å²) >= 11 is 1.48. The molecule has 0 radical (unpaired) electrons. The summed E-state index contributed by atoms with van der Waals surface area (Å²) in [7, 11) is 1.56. The number of aryl methyl sites for hydroxylation is 1. The van der Waals surface area contributed by atoms with Gasteiger partial charge in [0.2, 0.25) is 5.88 Å². The summed E-state index contributed by atoms with van der Waals surface area (Å²) in [5, 5.41) is 0.774. The van der Waals surface area contributed by atoms with Gasteiger partial charge in [0.1, 0.15) is 16.9 Å². The number of nitrogens with two attached hydrogens (primary N) is 1. The topological polar surface area (TPSA) is 83.2 Å². The van der Waals surface area contributed by atoms with Crippen LogP contribution in [0.15, 0.2) is 30.5 Å². The first-order chi connectivity index (χ1) is 15.8. The Hall–Kier alpha value is -3.07. The van der Waals surface area contributed by atoms with Gasteiger partial charge in [0.25, 0.3) is 5.92 Å². The molecule has 4 aromatic rings. The number of methoxy groups -OCH3 is 1. The van der Waals surface area contributed by atoms with Gasteiger partial charge < -0.3 is 15.2 Å². The van der Waals surface area contributed by atoms with Crippen molar-refractivity contribution < 1.29 is 18.3 Å². The minimum absolute atomic E-state index is 0.0845. The lowest BCUT2D eigenvalue weighted by molar-refractivity contribution is -0.0378. The number of ether oxygens (including phenoxy) is 2. The van der Waals surface area contributed by atoms with Gasteiger partial charge in [-0.1, -0.05) is 0 Å². The average Bonchev–Trinajstić information content (AvgIpc) is 3.09. The van der Waals surface area contributed by atoms with E-state index in [1.807, 2.05) is 25.1 Å². The second-order valence-corrected chi connectivity index (χ2v) is 9.55. The van der Waals surface area contributed by atoms with E-state index in [9.17, 15) is 8.78 Å². The van der Waals surface area contributed by atoms with Crippen LogP contribution in [0.2, 0.25) is 0 Å². The number of halogens is 2. The third-order valence-electron chi connectivity index (χ3n) is 5.87. The molecule has 1 atom stereocenters. The standard InChI is InChI=1S/C24H24F2N4O2S/c1-13-7-15(22-18(8-13)29-21(31-2)12-28-22)23-30-17-9-16(27)19(10-20(17)33-23)32-14-5-3-4-6-24(25,26)11-14/h7-10,12,14H,3-6,11,27H2,1-2H3/t14-/m1/s1. The third-order valence-corrected chi connectivity index (χ3v) is 6.92. The smallest absolute Gasteiger partial charge is 0.251 e. The number of rotatable bonds is 4. The molecule has 1 saturated carbocycles. The molecule has 6 nitrogen and oxygen atoms in total. The molecular weight excluding hydrogens is 446 g/mol. The van der Waals surface area contributed by atoms with Crippen LogP contribution >= 0.6 is 11.3 Å². The highest BCUT2D eigenvalue weighted by atomic mass is 32.1. The van der Waals surface area contributed by atoms with Crippen LogP contribution in [0.5, 0.6) is 11.6 Å². The maximum atomic E-state index is 14.0. The lowest BCUT2D eigenvalue weighted by atomic mass is 10.1. The number of anilines is 1. The third kappa shape index (κ3) is 4.42. The van der Waals surface area contributed by atoms with Gasteiger partial charge in [-0.2, -0.15) is 0 Å². The number of alkyl halides is 2. The first kappa shape index (κ1) is 21.8. The van der Waals surface area contributed by atoms with E-state index in [4.69, 9.17) is 20.2 Å². The Labute approximate surface area is 193 Å². The Bertz CT molecular complexity index is 1340. The van der Waals surface area contributed by atoms with E-state index in [-0.39, 0.29) is 12.8 Å². The van der Waals surface area contributed by atoms with E-state index in [1.54, 1.807) is 19.4 Å². The summed E-state index contributed by atoms with van der Waals surface area (Å²) in [5.41, 5.74) is 10.7. The van der Waals surface area contributed by atoms with Crippen molar-refractivity contribution in [2.45, 2.75) is 51.1 Å². The first-order valence-electron chi connectivity index (χ1n) is 10.9. The average molecular weight is 471 g/mol.